The SMILES string of the molecule is CCCN(c1ccc(S(N)(=O)=O)cc1C(=O)O)C1CC1. The third-order valence-electron chi connectivity index (χ3n) is 3.29. The highest BCUT2D eigenvalue weighted by Crippen LogP contribution is 2.34. The molecule has 110 valence electrons. The Morgan fingerprint density at radius 3 is 2.55 bits per heavy atom. The van der Waals surface area contributed by atoms with Crippen LogP contribution in [-0.4, -0.2) is 32.1 Å². The fraction of sp³-hybridized carbons (Fsp3) is 0.462. The van der Waals surface area contributed by atoms with E-state index in [0.717, 1.165) is 31.9 Å². The number of primary sulfonamides is 1. The van der Waals surface area contributed by atoms with Crippen LogP contribution in [0.3, 0.4) is 0 Å². The molecule has 0 aliphatic heterocycles. The van der Waals surface area contributed by atoms with Crippen LogP contribution in [0.2, 0.25) is 0 Å². The normalized spacial score (nSPS) is 15.1. The molecule has 2 rings (SSSR count). The number of aromatic carboxylic acids is 1. The summed E-state index contributed by atoms with van der Waals surface area (Å²) >= 11 is 0. The van der Waals surface area contributed by atoms with Crippen molar-refractivity contribution in [3.05, 3.63) is 23.8 Å². The Morgan fingerprint density at radius 2 is 2.10 bits per heavy atom. The van der Waals surface area contributed by atoms with Crippen molar-refractivity contribution in [3.8, 4) is 0 Å². The molecule has 1 aliphatic carbocycles. The highest BCUT2D eigenvalue weighted by Gasteiger charge is 2.31. The molecule has 0 aromatic heterocycles. The Kier molecular flexibility index (Phi) is 4.01. The number of carboxylic acids is 1. The van der Waals surface area contributed by atoms with Crippen molar-refractivity contribution < 1.29 is 18.3 Å². The summed E-state index contributed by atoms with van der Waals surface area (Å²) in [5, 5.41) is 14.4. The molecule has 20 heavy (non-hydrogen) atoms. The maximum atomic E-state index is 11.4. The van der Waals surface area contributed by atoms with E-state index in [0.29, 0.717) is 11.7 Å². The number of hydrogen-bond acceptors (Lipinski definition) is 4. The van der Waals surface area contributed by atoms with Crippen LogP contribution in [0.25, 0.3) is 0 Å². The van der Waals surface area contributed by atoms with Crippen LogP contribution in [0.1, 0.15) is 36.5 Å². The Labute approximate surface area is 118 Å². The van der Waals surface area contributed by atoms with E-state index in [4.69, 9.17) is 5.14 Å². The molecule has 1 aromatic rings. The van der Waals surface area contributed by atoms with E-state index < -0.39 is 16.0 Å². The fourth-order valence-electron chi connectivity index (χ4n) is 2.24. The number of sulfonamides is 1. The molecule has 0 bridgehead atoms. The average molecular weight is 298 g/mol. The van der Waals surface area contributed by atoms with Gasteiger partial charge in [0.2, 0.25) is 10.0 Å². The molecule has 0 radical (unpaired) electrons. The second kappa shape index (κ2) is 5.41. The Bertz CT molecular complexity index is 623. The molecule has 1 fully saturated rings. The number of rotatable bonds is 6. The summed E-state index contributed by atoms with van der Waals surface area (Å²) in [5.74, 6) is -1.15. The second-order valence-corrected chi connectivity index (χ2v) is 6.52. The first kappa shape index (κ1) is 14.8. The second-order valence-electron chi connectivity index (χ2n) is 4.95. The molecule has 0 amide bonds. The summed E-state index contributed by atoms with van der Waals surface area (Å²) in [6.07, 6.45) is 2.97. The standard InChI is InChI=1S/C13H18N2O4S/c1-2-7-15(9-3-4-9)12-6-5-10(20(14,18)19)8-11(12)13(16)17/h5-6,8-9H,2-4,7H2,1H3,(H,16,17)(H2,14,18,19). The lowest BCUT2D eigenvalue weighted by Crippen LogP contribution is -2.28. The molecule has 6 nitrogen and oxygen atoms in total. The van der Waals surface area contributed by atoms with Gasteiger partial charge in [0.05, 0.1) is 16.1 Å². The van der Waals surface area contributed by atoms with Crippen molar-refractivity contribution >= 4 is 21.7 Å². The van der Waals surface area contributed by atoms with Crippen molar-refractivity contribution in [3.63, 3.8) is 0 Å². The molecule has 1 aromatic carbocycles. The van der Waals surface area contributed by atoms with Crippen molar-refractivity contribution in [1.29, 1.82) is 0 Å². The van der Waals surface area contributed by atoms with Crippen LogP contribution >= 0.6 is 0 Å². The largest absolute Gasteiger partial charge is 0.478 e. The number of nitrogens with zero attached hydrogens (tertiary/aromatic N) is 1. The molecule has 0 unspecified atom stereocenters. The van der Waals surface area contributed by atoms with Gasteiger partial charge in [-0.3, -0.25) is 0 Å². The van der Waals surface area contributed by atoms with Gasteiger partial charge in [-0.1, -0.05) is 6.92 Å². The summed E-state index contributed by atoms with van der Waals surface area (Å²) in [6, 6.07) is 4.39. The summed E-state index contributed by atoms with van der Waals surface area (Å²) in [5.41, 5.74) is 0.547. The van der Waals surface area contributed by atoms with E-state index in [1.54, 1.807) is 0 Å². The van der Waals surface area contributed by atoms with E-state index in [-0.39, 0.29) is 10.5 Å². The molecule has 1 aliphatic rings. The minimum Gasteiger partial charge on any atom is -0.478 e. The number of hydrogen-bond donors (Lipinski definition) is 2. The van der Waals surface area contributed by atoms with Gasteiger partial charge in [-0.15, -0.1) is 0 Å². The predicted molar refractivity (Wildman–Crippen MR) is 75.4 cm³/mol. The van der Waals surface area contributed by atoms with Gasteiger partial charge < -0.3 is 10.0 Å². The zero-order valence-corrected chi connectivity index (χ0v) is 12.1. The van der Waals surface area contributed by atoms with E-state index >= 15 is 0 Å². The first-order valence-electron chi connectivity index (χ1n) is 6.51. The van der Waals surface area contributed by atoms with Crippen molar-refractivity contribution in [2.75, 3.05) is 11.4 Å². The van der Waals surface area contributed by atoms with Gasteiger partial charge in [0.1, 0.15) is 0 Å². The van der Waals surface area contributed by atoms with Gasteiger partial charge in [0.15, 0.2) is 0 Å². The summed E-state index contributed by atoms with van der Waals surface area (Å²) < 4.78 is 22.7. The van der Waals surface area contributed by atoms with Crippen LogP contribution in [0, 0.1) is 0 Å². The highest BCUT2D eigenvalue weighted by atomic mass is 32.2. The lowest BCUT2D eigenvalue weighted by Gasteiger charge is -2.26. The van der Waals surface area contributed by atoms with Gasteiger partial charge >= 0.3 is 5.97 Å². The Balaban J connectivity index is 2.49. The van der Waals surface area contributed by atoms with E-state index in [2.05, 4.69) is 0 Å². The third kappa shape index (κ3) is 3.10. The maximum Gasteiger partial charge on any atom is 0.337 e. The summed E-state index contributed by atoms with van der Waals surface area (Å²) in [6.45, 7) is 2.77. The van der Waals surface area contributed by atoms with Gasteiger partial charge in [-0.25, -0.2) is 18.4 Å². The number of carbonyl (C=O) groups is 1. The molecule has 3 N–H and O–H groups in total. The zero-order chi connectivity index (χ0) is 14.9. The number of carboxylic acid groups (broad SMARTS) is 1. The maximum absolute atomic E-state index is 11.4. The minimum absolute atomic E-state index is 0.0168. The van der Waals surface area contributed by atoms with Crippen molar-refractivity contribution in [2.24, 2.45) is 5.14 Å². The molecule has 0 atom stereocenters. The van der Waals surface area contributed by atoms with Crippen molar-refractivity contribution in [2.45, 2.75) is 37.1 Å². The van der Waals surface area contributed by atoms with Crippen LogP contribution in [0.15, 0.2) is 23.1 Å². The lowest BCUT2D eigenvalue weighted by atomic mass is 10.1. The molecule has 1 saturated carbocycles. The molecule has 0 saturated heterocycles. The van der Waals surface area contributed by atoms with Crippen molar-refractivity contribution in [1.82, 2.24) is 0 Å². The highest BCUT2D eigenvalue weighted by molar-refractivity contribution is 7.89. The lowest BCUT2D eigenvalue weighted by molar-refractivity contribution is 0.0697. The topological polar surface area (TPSA) is 101 Å². The average Bonchev–Trinajstić information content (AvgIpc) is 3.18. The van der Waals surface area contributed by atoms with E-state index in [1.807, 2.05) is 11.8 Å². The van der Waals surface area contributed by atoms with Gasteiger partial charge in [0, 0.05) is 12.6 Å². The molecular weight excluding hydrogens is 280 g/mol. The Hall–Kier alpha value is -1.60. The number of anilines is 1. The summed E-state index contributed by atoms with van der Waals surface area (Å²) in [4.78, 5) is 13.3. The number of nitrogens with two attached hydrogens (primary N) is 1. The van der Waals surface area contributed by atoms with E-state index in [1.165, 1.54) is 12.1 Å². The monoisotopic (exact) mass is 298 g/mol. The molecule has 0 heterocycles. The van der Waals surface area contributed by atoms with Gasteiger partial charge in [-0.2, -0.15) is 0 Å². The predicted octanol–water partition coefficient (Wildman–Crippen LogP) is 1.41. The van der Waals surface area contributed by atoms with Crippen LogP contribution in [0.5, 0.6) is 0 Å². The van der Waals surface area contributed by atoms with Crippen LogP contribution in [-0.2, 0) is 10.0 Å². The van der Waals surface area contributed by atoms with Crippen LogP contribution < -0.4 is 10.0 Å². The quantitative estimate of drug-likeness (QED) is 0.827. The number of benzene rings is 1. The molecule has 7 heteroatoms. The summed E-state index contributed by atoms with van der Waals surface area (Å²) in [7, 11) is -3.90. The van der Waals surface area contributed by atoms with Gasteiger partial charge in [0.25, 0.3) is 0 Å². The zero-order valence-electron chi connectivity index (χ0n) is 11.2. The molecule has 0 spiro atoms. The smallest absolute Gasteiger partial charge is 0.337 e. The molecular formula is C13H18N2O4S. The van der Waals surface area contributed by atoms with E-state index in [9.17, 15) is 18.3 Å². The Morgan fingerprint density at radius 1 is 1.45 bits per heavy atom. The third-order valence-corrected chi connectivity index (χ3v) is 4.20. The minimum atomic E-state index is -3.90. The van der Waals surface area contributed by atoms with Gasteiger partial charge in [-0.05, 0) is 37.5 Å². The van der Waals surface area contributed by atoms with Crippen LogP contribution in [0.4, 0.5) is 5.69 Å². The first-order valence-corrected chi connectivity index (χ1v) is 8.06. The first-order chi connectivity index (χ1) is 9.34. The fourth-order valence-corrected chi connectivity index (χ4v) is 2.78.